The van der Waals surface area contributed by atoms with Crippen LogP contribution in [-0.2, 0) is 4.79 Å². The van der Waals surface area contributed by atoms with Crippen molar-refractivity contribution in [1.82, 2.24) is 0 Å². The van der Waals surface area contributed by atoms with Gasteiger partial charge < -0.3 is 11.1 Å². The molecule has 0 spiro atoms. The molecule has 0 aromatic heterocycles. The molecule has 1 aromatic carbocycles. The number of carbonyl (C=O) groups is 1. The van der Waals surface area contributed by atoms with E-state index < -0.39 is 5.82 Å². The molecule has 5 heteroatoms. The molecule has 1 saturated carbocycles. The van der Waals surface area contributed by atoms with Gasteiger partial charge in [0, 0.05) is 12.0 Å². The van der Waals surface area contributed by atoms with Crippen molar-refractivity contribution in [1.29, 1.82) is 0 Å². The quantitative estimate of drug-likeness (QED) is 0.868. The maximum absolute atomic E-state index is 13.1. The van der Waals surface area contributed by atoms with Crippen LogP contribution in [0.15, 0.2) is 18.2 Å². The third-order valence-corrected chi connectivity index (χ3v) is 3.60. The van der Waals surface area contributed by atoms with Gasteiger partial charge in [-0.3, -0.25) is 4.79 Å². The number of benzene rings is 1. The number of nitrogens with two attached hydrogens (primary N) is 1. The van der Waals surface area contributed by atoms with Gasteiger partial charge in [-0.15, -0.1) is 0 Å². The second-order valence-electron chi connectivity index (χ2n) is 4.74. The molecule has 1 aromatic rings. The van der Waals surface area contributed by atoms with Crippen LogP contribution in [0.3, 0.4) is 0 Å². The lowest BCUT2D eigenvalue weighted by Gasteiger charge is -2.25. The first-order valence-corrected chi connectivity index (χ1v) is 6.45. The molecule has 2 unspecified atom stereocenters. The van der Waals surface area contributed by atoms with Crippen LogP contribution in [-0.4, -0.2) is 11.9 Å². The number of amides is 1. The zero-order chi connectivity index (χ0) is 13.1. The first-order valence-electron chi connectivity index (χ1n) is 6.08. The van der Waals surface area contributed by atoms with Gasteiger partial charge in [-0.25, -0.2) is 4.39 Å². The number of rotatable bonds is 2. The number of halogens is 2. The Hall–Kier alpha value is -1.13. The zero-order valence-electron chi connectivity index (χ0n) is 9.96. The van der Waals surface area contributed by atoms with Gasteiger partial charge in [0.25, 0.3) is 0 Å². The average Bonchev–Trinajstić information content (AvgIpc) is 2.34. The highest BCUT2D eigenvalue weighted by molar-refractivity contribution is 6.33. The van der Waals surface area contributed by atoms with E-state index in [4.69, 9.17) is 17.3 Å². The van der Waals surface area contributed by atoms with Crippen molar-refractivity contribution in [2.24, 2.45) is 11.7 Å². The van der Waals surface area contributed by atoms with Crippen molar-refractivity contribution < 1.29 is 9.18 Å². The fourth-order valence-corrected chi connectivity index (χ4v) is 2.46. The summed E-state index contributed by atoms with van der Waals surface area (Å²) in [5.41, 5.74) is 6.16. The van der Waals surface area contributed by atoms with E-state index in [2.05, 4.69) is 5.32 Å². The molecule has 98 valence electrons. The lowest BCUT2D eigenvalue weighted by molar-refractivity contribution is -0.120. The second kappa shape index (κ2) is 5.67. The Morgan fingerprint density at radius 3 is 2.94 bits per heavy atom. The van der Waals surface area contributed by atoms with Gasteiger partial charge >= 0.3 is 0 Å². The van der Waals surface area contributed by atoms with Crippen LogP contribution in [0.5, 0.6) is 0 Å². The smallest absolute Gasteiger partial charge is 0.227 e. The lowest BCUT2D eigenvalue weighted by atomic mass is 9.85. The van der Waals surface area contributed by atoms with Crippen molar-refractivity contribution in [3.8, 4) is 0 Å². The van der Waals surface area contributed by atoms with Gasteiger partial charge in [-0.05, 0) is 37.5 Å². The Morgan fingerprint density at radius 2 is 2.22 bits per heavy atom. The molecule has 1 amide bonds. The fourth-order valence-electron chi connectivity index (χ4n) is 2.29. The number of hydrogen-bond donors (Lipinski definition) is 2. The molecular formula is C13H16ClFN2O. The third-order valence-electron chi connectivity index (χ3n) is 3.27. The maximum atomic E-state index is 13.1. The average molecular weight is 271 g/mol. The summed E-state index contributed by atoms with van der Waals surface area (Å²) in [5, 5.41) is 3.01. The van der Waals surface area contributed by atoms with Crippen LogP contribution in [0.1, 0.15) is 25.7 Å². The summed E-state index contributed by atoms with van der Waals surface area (Å²) in [6.07, 6.45) is 3.42. The van der Waals surface area contributed by atoms with Crippen LogP contribution in [0.4, 0.5) is 10.1 Å². The lowest BCUT2D eigenvalue weighted by Crippen LogP contribution is -2.34. The van der Waals surface area contributed by atoms with E-state index in [1.807, 2.05) is 0 Å². The van der Waals surface area contributed by atoms with E-state index in [0.717, 1.165) is 19.3 Å². The Bertz CT molecular complexity index is 453. The summed E-state index contributed by atoms with van der Waals surface area (Å²) in [4.78, 5) is 12.0. The molecule has 0 radical (unpaired) electrons. The molecular weight excluding hydrogens is 255 g/mol. The van der Waals surface area contributed by atoms with Gasteiger partial charge in [0.2, 0.25) is 5.91 Å². The van der Waals surface area contributed by atoms with Gasteiger partial charge in [-0.2, -0.15) is 0 Å². The standard InChI is InChI=1S/C13H16ClFN2O/c14-11-5-4-9(15)7-12(11)17-13(18)8-2-1-3-10(16)6-8/h4-5,7-8,10H,1-3,6,16H2,(H,17,18). The Morgan fingerprint density at radius 1 is 1.44 bits per heavy atom. The molecule has 2 atom stereocenters. The molecule has 1 aliphatic carbocycles. The van der Waals surface area contributed by atoms with Crippen molar-refractivity contribution in [3.05, 3.63) is 29.0 Å². The predicted molar refractivity (Wildman–Crippen MR) is 70.0 cm³/mol. The van der Waals surface area contributed by atoms with Crippen LogP contribution >= 0.6 is 11.6 Å². The largest absolute Gasteiger partial charge is 0.328 e. The third kappa shape index (κ3) is 3.21. The van der Waals surface area contributed by atoms with Crippen molar-refractivity contribution in [2.75, 3.05) is 5.32 Å². The molecule has 18 heavy (non-hydrogen) atoms. The normalized spacial score (nSPS) is 23.7. The van der Waals surface area contributed by atoms with Crippen LogP contribution < -0.4 is 11.1 Å². The summed E-state index contributed by atoms with van der Waals surface area (Å²) in [6, 6.07) is 3.99. The Balaban J connectivity index is 2.04. The molecule has 2 rings (SSSR count). The summed E-state index contributed by atoms with van der Waals surface area (Å²) in [6.45, 7) is 0. The van der Waals surface area contributed by atoms with Crippen LogP contribution in [0.2, 0.25) is 5.02 Å². The summed E-state index contributed by atoms with van der Waals surface area (Å²) < 4.78 is 13.1. The van der Waals surface area contributed by atoms with E-state index in [-0.39, 0.29) is 17.9 Å². The summed E-state index contributed by atoms with van der Waals surface area (Å²) in [7, 11) is 0. The van der Waals surface area contributed by atoms with E-state index in [0.29, 0.717) is 17.1 Å². The molecule has 0 bridgehead atoms. The minimum Gasteiger partial charge on any atom is -0.328 e. The number of anilines is 1. The number of nitrogens with one attached hydrogen (secondary N) is 1. The van der Waals surface area contributed by atoms with E-state index in [1.54, 1.807) is 0 Å². The highest BCUT2D eigenvalue weighted by Gasteiger charge is 2.25. The monoisotopic (exact) mass is 270 g/mol. The minimum atomic E-state index is -0.421. The number of carbonyl (C=O) groups excluding carboxylic acids is 1. The van der Waals surface area contributed by atoms with E-state index in [1.165, 1.54) is 18.2 Å². The predicted octanol–water partition coefficient (Wildman–Crippen LogP) is 2.94. The second-order valence-corrected chi connectivity index (χ2v) is 5.14. The molecule has 3 N–H and O–H groups in total. The topological polar surface area (TPSA) is 55.1 Å². The van der Waals surface area contributed by atoms with Crippen LogP contribution in [0.25, 0.3) is 0 Å². The molecule has 0 heterocycles. The SMILES string of the molecule is NC1CCCC(C(=O)Nc2cc(F)ccc2Cl)C1. The highest BCUT2D eigenvalue weighted by Crippen LogP contribution is 2.27. The van der Waals surface area contributed by atoms with Crippen molar-refractivity contribution in [3.63, 3.8) is 0 Å². The van der Waals surface area contributed by atoms with Crippen LogP contribution in [0, 0.1) is 11.7 Å². The van der Waals surface area contributed by atoms with Gasteiger partial charge in [0.1, 0.15) is 5.82 Å². The first-order chi connectivity index (χ1) is 8.56. The van der Waals surface area contributed by atoms with Gasteiger partial charge in [-0.1, -0.05) is 18.0 Å². The van der Waals surface area contributed by atoms with Crippen molar-refractivity contribution >= 4 is 23.2 Å². The Kier molecular flexibility index (Phi) is 4.19. The van der Waals surface area contributed by atoms with Crippen molar-refractivity contribution in [2.45, 2.75) is 31.7 Å². The fraction of sp³-hybridized carbons (Fsp3) is 0.462. The first kappa shape index (κ1) is 13.3. The summed E-state index contributed by atoms with van der Waals surface area (Å²) >= 11 is 5.90. The molecule has 3 nitrogen and oxygen atoms in total. The summed E-state index contributed by atoms with van der Waals surface area (Å²) in [5.74, 6) is -0.652. The molecule has 1 aliphatic rings. The van der Waals surface area contributed by atoms with Gasteiger partial charge in [0.15, 0.2) is 0 Å². The highest BCUT2D eigenvalue weighted by atomic mass is 35.5. The molecule has 0 saturated heterocycles. The van der Waals surface area contributed by atoms with E-state index in [9.17, 15) is 9.18 Å². The molecule has 1 fully saturated rings. The maximum Gasteiger partial charge on any atom is 0.227 e. The Labute approximate surface area is 111 Å². The zero-order valence-corrected chi connectivity index (χ0v) is 10.7. The van der Waals surface area contributed by atoms with Gasteiger partial charge in [0.05, 0.1) is 10.7 Å². The number of hydrogen-bond acceptors (Lipinski definition) is 2. The van der Waals surface area contributed by atoms with E-state index >= 15 is 0 Å². The molecule has 0 aliphatic heterocycles. The minimum absolute atomic E-state index is 0.0810.